The van der Waals surface area contributed by atoms with Crippen molar-refractivity contribution < 1.29 is 14.3 Å². The van der Waals surface area contributed by atoms with Gasteiger partial charge in [0.2, 0.25) is 0 Å². The SMILES string of the molecule is Cc1cc(NC(=O)[C@@](C)(O)Cn2cc(F)cn2)c(I)cc1C#N. The van der Waals surface area contributed by atoms with E-state index in [-0.39, 0.29) is 6.54 Å². The normalized spacial score (nSPS) is 13.2. The molecule has 0 fully saturated rings. The van der Waals surface area contributed by atoms with Crippen molar-refractivity contribution in [3.05, 3.63) is 45.0 Å². The van der Waals surface area contributed by atoms with Crippen LogP contribution in [0.5, 0.6) is 0 Å². The van der Waals surface area contributed by atoms with Crippen molar-refractivity contribution >= 4 is 34.2 Å². The Kier molecular flexibility index (Phi) is 5.01. The van der Waals surface area contributed by atoms with E-state index in [9.17, 15) is 14.3 Å². The first-order chi connectivity index (χ1) is 10.7. The zero-order valence-electron chi connectivity index (χ0n) is 12.5. The van der Waals surface area contributed by atoms with Crippen molar-refractivity contribution in [2.45, 2.75) is 26.0 Å². The molecule has 1 aromatic carbocycles. The van der Waals surface area contributed by atoms with E-state index in [1.54, 1.807) is 19.1 Å². The molecule has 120 valence electrons. The minimum Gasteiger partial charge on any atom is -0.378 e. The average Bonchev–Trinajstić information content (AvgIpc) is 2.86. The largest absolute Gasteiger partial charge is 0.378 e. The van der Waals surface area contributed by atoms with Crippen LogP contribution in [0.4, 0.5) is 10.1 Å². The van der Waals surface area contributed by atoms with Gasteiger partial charge in [-0.3, -0.25) is 9.48 Å². The maximum atomic E-state index is 12.9. The number of nitrogens with one attached hydrogen (secondary N) is 1. The molecule has 2 N–H and O–H groups in total. The molecule has 1 aromatic heterocycles. The number of rotatable bonds is 4. The maximum Gasteiger partial charge on any atom is 0.258 e. The van der Waals surface area contributed by atoms with Crippen molar-refractivity contribution in [1.29, 1.82) is 5.26 Å². The lowest BCUT2D eigenvalue weighted by molar-refractivity contribution is -0.133. The van der Waals surface area contributed by atoms with Crippen molar-refractivity contribution in [2.75, 3.05) is 5.32 Å². The number of aryl methyl sites for hydroxylation is 1. The quantitative estimate of drug-likeness (QED) is 0.731. The Hall–Kier alpha value is -1.99. The van der Waals surface area contributed by atoms with E-state index in [4.69, 9.17) is 5.26 Å². The predicted molar refractivity (Wildman–Crippen MR) is 90.0 cm³/mol. The van der Waals surface area contributed by atoms with E-state index in [2.05, 4.69) is 16.5 Å². The maximum absolute atomic E-state index is 12.9. The summed E-state index contributed by atoms with van der Waals surface area (Å²) in [6.45, 7) is 2.90. The highest BCUT2D eigenvalue weighted by atomic mass is 127. The average molecular weight is 428 g/mol. The standard InChI is InChI=1S/C15H14FIN4O2/c1-9-3-13(12(17)4-10(9)5-18)20-14(22)15(2,23)8-21-7-11(16)6-19-21/h3-4,6-7,23H,8H2,1-2H3,(H,20,22)/t15-/m0/s1. The Morgan fingerprint density at radius 2 is 2.30 bits per heavy atom. The van der Waals surface area contributed by atoms with Gasteiger partial charge < -0.3 is 10.4 Å². The smallest absolute Gasteiger partial charge is 0.258 e. The lowest BCUT2D eigenvalue weighted by Crippen LogP contribution is -2.44. The number of amides is 1. The fourth-order valence-electron chi connectivity index (χ4n) is 1.97. The summed E-state index contributed by atoms with van der Waals surface area (Å²) in [7, 11) is 0. The summed E-state index contributed by atoms with van der Waals surface area (Å²) in [5.74, 6) is -1.19. The van der Waals surface area contributed by atoms with Crippen LogP contribution in [0, 0.1) is 27.6 Å². The molecule has 0 spiro atoms. The third kappa shape index (κ3) is 4.05. The second-order valence-corrected chi connectivity index (χ2v) is 6.51. The molecule has 0 aliphatic heterocycles. The number of halogens is 2. The molecule has 1 amide bonds. The summed E-state index contributed by atoms with van der Waals surface area (Å²) in [5.41, 5.74) is -0.0363. The van der Waals surface area contributed by atoms with Crippen LogP contribution in [0.2, 0.25) is 0 Å². The van der Waals surface area contributed by atoms with Crippen LogP contribution in [-0.4, -0.2) is 26.4 Å². The van der Waals surface area contributed by atoms with Gasteiger partial charge in [0, 0.05) is 3.57 Å². The molecule has 0 saturated heterocycles. The van der Waals surface area contributed by atoms with Crippen molar-refractivity contribution in [3.8, 4) is 6.07 Å². The van der Waals surface area contributed by atoms with E-state index in [1.165, 1.54) is 6.92 Å². The summed E-state index contributed by atoms with van der Waals surface area (Å²) < 4.78 is 14.8. The van der Waals surface area contributed by atoms with Gasteiger partial charge >= 0.3 is 0 Å². The molecule has 1 heterocycles. The minimum absolute atomic E-state index is 0.186. The number of anilines is 1. The van der Waals surface area contributed by atoms with Crippen molar-refractivity contribution in [2.24, 2.45) is 0 Å². The zero-order valence-corrected chi connectivity index (χ0v) is 14.6. The number of carbonyl (C=O) groups is 1. The summed E-state index contributed by atoms with van der Waals surface area (Å²) in [6.07, 6.45) is 2.10. The molecule has 0 radical (unpaired) electrons. The van der Waals surface area contributed by atoms with Gasteiger partial charge in [0.1, 0.15) is 0 Å². The third-order valence-corrected chi connectivity index (χ3v) is 4.14. The van der Waals surface area contributed by atoms with Crippen LogP contribution >= 0.6 is 22.6 Å². The number of hydrogen-bond donors (Lipinski definition) is 2. The van der Waals surface area contributed by atoms with Gasteiger partial charge in [-0.2, -0.15) is 10.4 Å². The topological polar surface area (TPSA) is 90.9 Å². The first-order valence-electron chi connectivity index (χ1n) is 6.65. The summed E-state index contributed by atoms with van der Waals surface area (Å²) in [4.78, 5) is 12.3. The van der Waals surface area contributed by atoms with Crippen LogP contribution in [-0.2, 0) is 11.3 Å². The molecule has 1 atom stereocenters. The lowest BCUT2D eigenvalue weighted by atomic mass is 10.1. The van der Waals surface area contributed by atoms with Gasteiger partial charge in [0.15, 0.2) is 11.4 Å². The Morgan fingerprint density at radius 3 is 2.87 bits per heavy atom. The first-order valence-corrected chi connectivity index (χ1v) is 7.73. The van der Waals surface area contributed by atoms with Crippen LogP contribution < -0.4 is 5.32 Å². The molecule has 0 aliphatic rings. The molecule has 2 rings (SSSR count). The minimum atomic E-state index is -1.77. The number of aliphatic hydroxyl groups is 1. The second kappa shape index (κ2) is 6.64. The summed E-state index contributed by atoms with van der Waals surface area (Å²) in [5, 5.41) is 25.6. The number of nitrogens with zero attached hydrogens (tertiary/aromatic N) is 3. The molecule has 0 unspecified atom stereocenters. The number of aromatic nitrogens is 2. The molecule has 23 heavy (non-hydrogen) atoms. The summed E-state index contributed by atoms with van der Waals surface area (Å²) in [6, 6.07) is 5.39. The van der Waals surface area contributed by atoms with Gasteiger partial charge in [-0.15, -0.1) is 0 Å². The fourth-order valence-corrected chi connectivity index (χ4v) is 2.57. The van der Waals surface area contributed by atoms with Crippen LogP contribution in [0.25, 0.3) is 0 Å². The highest BCUT2D eigenvalue weighted by Gasteiger charge is 2.31. The molecule has 0 bridgehead atoms. The zero-order chi connectivity index (χ0) is 17.2. The van der Waals surface area contributed by atoms with Gasteiger partial charge in [-0.25, -0.2) is 4.39 Å². The highest BCUT2D eigenvalue weighted by Crippen LogP contribution is 2.24. The van der Waals surface area contributed by atoms with Gasteiger partial charge in [-0.05, 0) is 54.1 Å². The Morgan fingerprint density at radius 1 is 1.61 bits per heavy atom. The van der Waals surface area contributed by atoms with Crippen LogP contribution in [0.1, 0.15) is 18.1 Å². The molecule has 0 aliphatic carbocycles. The van der Waals surface area contributed by atoms with Gasteiger partial charge in [0.25, 0.3) is 5.91 Å². The number of nitriles is 1. The molecule has 2 aromatic rings. The number of benzene rings is 1. The third-order valence-electron chi connectivity index (χ3n) is 3.24. The molecular weight excluding hydrogens is 414 g/mol. The van der Waals surface area contributed by atoms with E-state index in [0.717, 1.165) is 22.6 Å². The van der Waals surface area contributed by atoms with Crippen LogP contribution in [0.3, 0.4) is 0 Å². The Balaban J connectivity index is 2.18. The van der Waals surface area contributed by atoms with Gasteiger partial charge in [0.05, 0.1) is 36.3 Å². The van der Waals surface area contributed by atoms with E-state index in [1.807, 2.05) is 22.6 Å². The second-order valence-electron chi connectivity index (χ2n) is 5.34. The monoisotopic (exact) mass is 428 g/mol. The molecule has 8 heteroatoms. The Bertz CT molecular complexity index is 795. The molecule has 6 nitrogen and oxygen atoms in total. The molecule has 0 saturated carbocycles. The van der Waals surface area contributed by atoms with Crippen LogP contribution in [0.15, 0.2) is 24.5 Å². The first kappa shape index (κ1) is 17.4. The van der Waals surface area contributed by atoms with E-state index >= 15 is 0 Å². The lowest BCUT2D eigenvalue weighted by Gasteiger charge is -2.22. The van der Waals surface area contributed by atoms with Gasteiger partial charge in [-0.1, -0.05) is 0 Å². The van der Waals surface area contributed by atoms with E-state index < -0.39 is 17.3 Å². The highest BCUT2D eigenvalue weighted by molar-refractivity contribution is 14.1. The summed E-state index contributed by atoms with van der Waals surface area (Å²) >= 11 is 2.00. The molecular formula is C15H14FIN4O2. The van der Waals surface area contributed by atoms with Crippen molar-refractivity contribution in [3.63, 3.8) is 0 Å². The Labute approximate surface area is 146 Å². The number of carbonyl (C=O) groups excluding carboxylic acids is 1. The number of hydrogen-bond acceptors (Lipinski definition) is 4. The van der Waals surface area contributed by atoms with Crippen molar-refractivity contribution in [1.82, 2.24) is 9.78 Å². The fraction of sp³-hybridized carbons (Fsp3) is 0.267. The predicted octanol–water partition coefficient (Wildman–Crippen LogP) is 2.20. The van der Waals surface area contributed by atoms with E-state index in [0.29, 0.717) is 14.8 Å².